The molecule has 14 heteroatoms. The van der Waals surface area contributed by atoms with Crippen molar-refractivity contribution in [3.05, 3.63) is 58.7 Å². The summed E-state index contributed by atoms with van der Waals surface area (Å²) >= 11 is 0. The first-order chi connectivity index (χ1) is 18.2. The van der Waals surface area contributed by atoms with Gasteiger partial charge >= 0.3 is 12.4 Å². The fourth-order valence-corrected chi connectivity index (χ4v) is 6.53. The van der Waals surface area contributed by atoms with E-state index in [-0.39, 0.29) is 12.6 Å². The average molecular weight is 640 g/mol. The molecule has 0 saturated heterocycles. The lowest BCUT2D eigenvalue weighted by Gasteiger charge is -2.32. The van der Waals surface area contributed by atoms with Crippen molar-refractivity contribution in [2.24, 2.45) is 0 Å². The lowest BCUT2D eigenvalue weighted by Crippen LogP contribution is -2.37. The van der Waals surface area contributed by atoms with E-state index < -0.39 is 66.0 Å². The number of alkyl halides is 6. The van der Waals surface area contributed by atoms with Crippen molar-refractivity contribution in [1.82, 2.24) is 4.90 Å². The quantitative estimate of drug-likeness (QED) is 0.193. The molecule has 1 unspecified atom stereocenters. The summed E-state index contributed by atoms with van der Waals surface area (Å²) in [6.45, 7) is 17.9. The first-order valence-corrected chi connectivity index (χ1v) is 23.2. The largest absolute Gasteiger partial charge is 0.542 e. The predicted molar refractivity (Wildman–Crippen MR) is 155 cm³/mol. The molecule has 0 aliphatic heterocycles. The number of nitrogens with zero attached hydrogens (tertiary/aromatic N) is 1. The summed E-state index contributed by atoms with van der Waals surface area (Å²) in [5, 5.41) is 0. The average Bonchev–Trinajstić information content (AvgIpc) is 2.75. The van der Waals surface area contributed by atoms with Gasteiger partial charge in [-0.05, 0) is 94.8 Å². The molecule has 2 rings (SSSR count). The number of rotatable bonds is 10. The molecule has 230 valence electrons. The van der Waals surface area contributed by atoms with E-state index in [4.69, 9.17) is 13.3 Å². The van der Waals surface area contributed by atoms with Crippen molar-refractivity contribution < 1.29 is 44.4 Å². The molecule has 0 radical (unpaired) electrons. The molecule has 0 aliphatic carbocycles. The Morgan fingerprint density at radius 3 is 1.61 bits per heavy atom. The standard InChI is InChI=1S/C27H39F6NO4Si3/c1-34(25(35)19-13-20(26(28,29)30)16-21(14-19)27(31,32)33)17-24(38-41(8,9)10)18-11-12-22(36-39(2,3)4)23(15-18)37-40(5,6)7/h11-16,24H,17H2,1-10H3. The van der Waals surface area contributed by atoms with Gasteiger partial charge in [-0.1, -0.05) is 6.07 Å². The molecule has 0 bridgehead atoms. The van der Waals surface area contributed by atoms with Crippen molar-refractivity contribution >= 4 is 30.9 Å². The molecule has 2 aromatic carbocycles. The van der Waals surface area contributed by atoms with E-state index in [1.54, 1.807) is 18.2 Å². The van der Waals surface area contributed by atoms with E-state index in [9.17, 15) is 31.1 Å². The molecule has 1 amide bonds. The van der Waals surface area contributed by atoms with Gasteiger partial charge in [-0.25, -0.2) is 0 Å². The first kappa shape index (κ1) is 34.9. The third kappa shape index (κ3) is 11.1. The molecule has 0 heterocycles. The van der Waals surface area contributed by atoms with Gasteiger partial charge in [0.25, 0.3) is 5.91 Å². The second kappa shape index (κ2) is 12.1. The van der Waals surface area contributed by atoms with Gasteiger partial charge in [0.2, 0.25) is 16.6 Å². The van der Waals surface area contributed by atoms with Crippen LogP contribution in [-0.4, -0.2) is 49.4 Å². The number of carbonyl (C=O) groups is 1. The van der Waals surface area contributed by atoms with Crippen LogP contribution >= 0.6 is 0 Å². The Bertz CT molecular complexity index is 1200. The number of benzene rings is 2. The monoisotopic (exact) mass is 639 g/mol. The minimum atomic E-state index is -5.06. The highest BCUT2D eigenvalue weighted by Gasteiger charge is 2.38. The van der Waals surface area contributed by atoms with Crippen LogP contribution in [-0.2, 0) is 16.8 Å². The Kier molecular flexibility index (Phi) is 10.3. The van der Waals surface area contributed by atoms with E-state index in [0.717, 1.165) is 4.90 Å². The fraction of sp³-hybridized carbons (Fsp3) is 0.519. The van der Waals surface area contributed by atoms with Crippen LogP contribution in [0.1, 0.15) is 33.2 Å². The second-order valence-corrected chi connectivity index (χ2v) is 26.2. The highest BCUT2D eigenvalue weighted by atomic mass is 28.4. The van der Waals surface area contributed by atoms with Gasteiger partial charge in [0.1, 0.15) is 11.5 Å². The van der Waals surface area contributed by atoms with Gasteiger partial charge in [-0.2, -0.15) is 26.3 Å². The Balaban J connectivity index is 2.54. The van der Waals surface area contributed by atoms with Gasteiger partial charge in [-0.15, -0.1) is 0 Å². The van der Waals surface area contributed by atoms with Gasteiger partial charge < -0.3 is 18.2 Å². The molecule has 5 nitrogen and oxygen atoms in total. The van der Waals surface area contributed by atoms with Crippen molar-refractivity contribution in [3.63, 3.8) is 0 Å². The molecule has 1 atom stereocenters. The zero-order valence-corrected chi connectivity index (χ0v) is 28.1. The number of hydrogen-bond donors (Lipinski definition) is 0. The summed E-state index contributed by atoms with van der Waals surface area (Å²) in [7, 11) is -5.04. The highest BCUT2D eigenvalue weighted by molar-refractivity contribution is 6.71. The van der Waals surface area contributed by atoms with Crippen LogP contribution in [0.5, 0.6) is 11.5 Å². The van der Waals surface area contributed by atoms with Gasteiger partial charge in [-0.3, -0.25) is 4.79 Å². The summed E-state index contributed by atoms with van der Waals surface area (Å²) in [4.78, 5) is 14.3. The highest BCUT2D eigenvalue weighted by Crippen LogP contribution is 2.38. The number of carbonyl (C=O) groups excluding carboxylic acids is 1. The van der Waals surface area contributed by atoms with Crippen LogP contribution in [0.4, 0.5) is 26.3 Å². The zero-order valence-electron chi connectivity index (χ0n) is 25.1. The Hall–Kier alpha value is -2.30. The van der Waals surface area contributed by atoms with Crippen molar-refractivity contribution in [2.45, 2.75) is 77.4 Å². The van der Waals surface area contributed by atoms with Crippen LogP contribution < -0.4 is 8.85 Å². The minimum Gasteiger partial charge on any atom is -0.542 e. The smallest absolute Gasteiger partial charge is 0.416 e. The predicted octanol–water partition coefficient (Wildman–Crippen LogP) is 8.82. The number of hydrogen-bond acceptors (Lipinski definition) is 4. The molecule has 0 spiro atoms. The van der Waals surface area contributed by atoms with Crippen molar-refractivity contribution in [2.75, 3.05) is 13.6 Å². The van der Waals surface area contributed by atoms with Crippen LogP contribution in [0.2, 0.25) is 58.9 Å². The normalized spacial score (nSPS) is 14.0. The van der Waals surface area contributed by atoms with Gasteiger partial charge in [0, 0.05) is 19.2 Å². The summed E-state index contributed by atoms with van der Waals surface area (Å²) in [6.07, 6.45) is -10.9. The molecule has 0 aliphatic rings. The lowest BCUT2D eigenvalue weighted by atomic mass is 10.0. The maximum atomic E-state index is 13.4. The van der Waals surface area contributed by atoms with Crippen molar-refractivity contribution in [1.29, 1.82) is 0 Å². The van der Waals surface area contributed by atoms with E-state index >= 15 is 0 Å². The minimum absolute atomic E-state index is 0.00195. The second-order valence-electron chi connectivity index (χ2n) is 12.8. The molecule has 0 fully saturated rings. The Morgan fingerprint density at radius 1 is 0.732 bits per heavy atom. The maximum absolute atomic E-state index is 13.4. The van der Waals surface area contributed by atoms with Crippen LogP contribution in [0.3, 0.4) is 0 Å². The van der Waals surface area contributed by atoms with E-state index in [1.807, 2.05) is 58.9 Å². The molecule has 0 saturated carbocycles. The Labute approximate surface area is 241 Å². The number of likely N-dealkylation sites (N-methyl/N-ethyl adjacent to an activating group) is 1. The van der Waals surface area contributed by atoms with Gasteiger partial charge in [0.05, 0.1) is 17.2 Å². The maximum Gasteiger partial charge on any atom is 0.416 e. The number of amides is 1. The molecule has 0 N–H and O–H groups in total. The summed E-state index contributed by atoms with van der Waals surface area (Å²) < 4.78 is 99.2. The SMILES string of the molecule is CN(CC(O[Si](C)(C)C)c1ccc(O[Si](C)(C)C)c(O[Si](C)(C)C)c1)C(=O)c1cc(C(F)(F)F)cc(C(F)(F)F)c1. The Morgan fingerprint density at radius 2 is 1.20 bits per heavy atom. The van der Waals surface area contributed by atoms with Crippen LogP contribution in [0.15, 0.2) is 36.4 Å². The molecule has 2 aromatic rings. The van der Waals surface area contributed by atoms with E-state index in [1.165, 1.54) is 7.05 Å². The lowest BCUT2D eigenvalue weighted by molar-refractivity contribution is -0.143. The topological polar surface area (TPSA) is 48.0 Å². The zero-order chi connectivity index (χ0) is 31.8. The van der Waals surface area contributed by atoms with Gasteiger partial charge in [0.15, 0.2) is 8.32 Å². The fourth-order valence-electron chi connectivity index (χ4n) is 3.82. The molecular formula is C27H39F6NO4Si3. The number of halogens is 6. The van der Waals surface area contributed by atoms with E-state index in [2.05, 4.69) is 0 Å². The molecular weight excluding hydrogens is 601 g/mol. The summed E-state index contributed by atoms with van der Waals surface area (Å²) in [5.74, 6) is 0.105. The molecule has 0 aromatic heterocycles. The van der Waals surface area contributed by atoms with E-state index in [0.29, 0.717) is 29.2 Å². The van der Waals surface area contributed by atoms with Crippen molar-refractivity contribution in [3.8, 4) is 11.5 Å². The third-order valence-electron chi connectivity index (χ3n) is 5.29. The van der Waals surface area contributed by atoms with Crippen LogP contribution in [0.25, 0.3) is 0 Å². The third-order valence-corrected chi connectivity index (χ3v) is 7.94. The van der Waals surface area contributed by atoms with Crippen LogP contribution in [0, 0.1) is 0 Å². The first-order valence-electron chi connectivity index (χ1n) is 13.0. The molecule has 41 heavy (non-hydrogen) atoms. The summed E-state index contributed by atoms with van der Waals surface area (Å²) in [5.41, 5.74) is -3.18. The summed E-state index contributed by atoms with van der Waals surface area (Å²) in [6, 6.07) is 6.20.